The zero-order valence-electron chi connectivity index (χ0n) is 14.7. The van der Waals surface area contributed by atoms with Gasteiger partial charge in [-0.1, -0.05) is 30.3 Å². The summed E-state index contributed by atoms with van der Waals surface area (Å²) in [5.41, 5.74) is 1.72. The third-order valence-corrected chi connectivity index (χ3v) is 4.70. The molecule has 26 heavy (non-hydrogen) atoms. The van der Waals surface area contributed by atoms with Crippen LogP contribution in [0.15, 0.2) is 48.5 Å². The standard InChI is InChI=1S/C20H21NO5/c1-25-12-11-21-18(13-7-9-14(26-2)10-8-13)17(20(23)24)15-5-3-4-6-16(15)19(21)22/h3-10,17-18H,11-12H2,1-2H3,(H,23,24)/t17-,18+/m1/s1. The molecule has 3 rings (SSSR count). The molecule has 1 heterocycles. The molecule has 2 aromatic carbocycles. The number of rotatable bonds is 6. The number of carbonyl (C=O) groups excluding carboxylic acids is 1. The fraction of sp³-hybridized carbons (Fsp3) is 0.300. The molecule has 0 spiro atoms. The monoisotopic (exact) mass is 355 g/mol. The van der Waals surface area contributed by atoms with Crippen molar-refractivity contribution in [3.05, 3.63) is 65.2 Å². The molecular weight excluding hydrogens is 334 g/mol. The largest absolute Gasteiger partial charge is 0.497 e. The van der Waals surface area contributed by atoms with Crippen LogP contribution in [0.4, 0.5) is 0 Å². The average Bonchev–Trinajstić information content (AvgIpc) is 2.67. The van der Waals surface area contributed by atoms with E-state index in [4.69, 9.17) is 9.47 Å². The maximum absolute atomic E-state index is 13.1. The summed E-state index contributed by atoms with van der Waals surface area (Å²) in [6.07, 6.45) is 0. The van der Waals surface area contributed by atoms with Crippen molar-refractivity contribution in [3.8, 4) is 5.75 Å². The number of amides is 1. The number of benzene rings is 2. The van der Waals surface area contributed by atoms with E-state index in [1.807, 2.05) is 0 Å². The Morgan fingerprint density at radius 2 is 1.81 bits per heavy atom. The summed E-state index contributed by atoms with van der Waals surface area (Å²) in [7, 11) is 3.12. The van der Waals surface area contributed by atoms with E-state index in [-0.39, 0.29) is 5.91 Å². The van der Waals surface area contributed by atoms with Crippen LogP contribution in [0.5, 0.6) is 5.75 Å². The Labute approximate surface area is 152 Å². The molecule has 2 atom stereocenters. The summed E-state index contributed by atoms with van der Waals surface area (Å²) in [6.45, 7) is 0.636. The molecule has 0 unspecified atom stereocenters. The summed E-state index contributed by atoms with van der Waals surface area (Å²) in [5, 5.41) is 9.95. The maximum atomic E-state index is 13.1. The molecule has 1 N–H and O–H groups in total. The van der Waals surface area contributed by atoms with Gasteiger partial charge in [-0.2, -0.15) is 0 Å². The molecule has 0 aliphatic carbocycles. The molecule has 136 valence electrons. The van der Waals surface area contributed by atoms with Crippen molar-refractivity contribution in [3.63, 3.8) is 0 Å². The molecule has 0 saturated carbocycles. The van der Waals surface area contributed by atoms with Gasteiger partial charge < -0.3 is 19.5 Å². The van der Waals surface area contributed by atoms with Crippen LogP contribution in [0.3, 0.4) is 0 Å². The highest BCUT2D eigenvalue weighted by molar-refractivity contribution is 6.00. The van der Waals surface area contributed by atoms with Crippen molar-refractivity contribution in [2.24, 2.45) is 0 Å². The van der Waals surface area contributed by atoms with Crippen LogP contribution in [0, 0.1) is 0 Å². The highest BCUT2D eigenvalue weighted by Crippen LogP contribution is 2.42. The van der Waals surface area contributed by atoms with Crippen LogP contribution in [0.1, 0.15) is 33.4 Å². The molecule has 1 amide bonds. The van der Waals surface area contributed by atoms with Crippen LogP contribution < -0.4 is 4.74 Å². The van der Waals surface area contributed by atoms with Crippen molar-refractivity contribution < 1.29 is 24.2 Å². The van der Waals surface area contributed by atoms with Gasteiger partial charge in [0.25, 0.3) is 5.91 Å². The van der Waals surface area contributed by atoms with Crippen molar-refractivity contribution in [2.45, 2.75) is 12.0 Å². The molecular formula is C20H21NO5. The van der Waals surface area contributed by atoms with E-state index in [0.29, 0.717) is 30.0 Å². The van der Waals surface area contributed by atoms with Gasteiger partial charge in [-0.25, -0.2) is 0 Å². The van der Waals surface area contributed by atoms with E-state index in [2.05, 4.69) is 0 Å². The second-order valence-electron chi connectivity index (χ2n) is 6.11. The van der Waals surface area contributed by atoms with Crippen molar-refractivity contribution in [1.29, 1.82) is 0 Å². The Morgan fingerprint density at radius 3 is 2.42 bits per heavy atom. The lowest BCUT2D eigenvalue weighted by atomic mass is 9.80. The molecule has 0 saturated heterocycles. The Balaban J connectivity index is 2.14. The number of hydrogen-bond acceptors (Lipinski definition) is 4. The minimum Gasteiger partial charge on any atom is -0.497 e. The first-order valence-electron chi connectivity index (χ1n) is 8.34. The zero-order chi connectivity index (χ0) is 18.7. The number of nitrogens with zero attached hydrogens (tertiary/aromatic N) is 1. The van der Waals surface area contributed by atoms with Crippen LogP contribution >= 0.6 is 0 Å². The predicted molar refractivity (Wildman–Crippen MR) is 95.5 cm³/mol. The Morgan fingerprint density at radius 1 is 1.12 bits per heavy atom. The van der Waals surface area contributed by atoms with E-state index in [0.717, 1.165) is 5.56 Å². The number of methoxy groups -OCH3 is 2. The first-order chi connectivity index (χ1) is 12.6. The number of fused-ring (bicyclic) bond motifs is 1. The molecule has 1 aliphatic heterocycles. The van der Waals surface area contributed by atoms with Gasteiger partial charge in [-0.15, -0.1) is 0 Å². The average molecular weight is 355 g/mol. The molecule has 0 fully saturated rings. The molecule has 0 radical (unpaired) electrons. The first-order valence-corrected chi connectivity index (χ1v) is 8.34. The van der Waals surface area contributed by atoms with E-state index in [9.17, 15) is 14.7 Å². The van der Waals surface area contributed by atoms with E-state index in [1.165, 1.54) is 0 Å². The fourth-order valence-electron chi connectivity index (χ4n) is 3.47. The molecule has 6 heteroatoms. The highest BCUT2D eigenvalue weighted by atomic mass is 16.5. The van der Waals surface area contributed by atoms with Gasteiger partial charge in [0.2, 0.25) is 0 Å². The van der Waals surface area contributed by atoms with Crippen LogP contribution in [0.25, 0.3) is 0 Å². The molecule has 0 aromatic heterocycles. The molecule has 2 aromatic rings. The summed E-state index contributed by atoms with van der Waals surface area (Å²) < 4.78 is 10.3. The number of carbonyl (C=O) groups is 2. The fourth-order valence-corrected chi connectivity index (χ4v) is 3.47. The minimum absolute atomic E-state index is 0.184. The van der Waals surface area contributed by atoms with E-state index in [1.54, 1.807) is 67.7 Å². The zero-order valence-corrected chi connectivity index (χ0v) is 14.7. The third-order valence-electron chi connectivity index (χ3n) is 4.70. The molecule has 6 nitrogen and oxygen atoms in total. The van der Waals surface area contributed by atoms with Gasteiger partial charge >= 0.3 is 5.97 Å². The van der Waals surface area contributed by atoms with Crippen LogP contribution in [-0.4, -0.2) is 49.3 Å². The van der Waals surface area contributed by atoms with Crippen molar-refractivity contribution in [1.82, 2.24) is 4.90 Å². The maximum Gasteiger partial charge on any atom is 0.313 e. The Bertz CT molecular complexity index is 802. The van der Waals surface area contributed by atoms with Gasteiger partial charge in [-0.3, -0.25) is 9.59 Å². The molecule has 0 bridgehead atoms. The SMILES string of the molecule is COCCN1C(=O)c2ccccc2[C@@H](C(=O)O)[C@@H]1c1ccc(OC)cc1. The number of carboxylic acids is 1. The quantitative estimate of drug-likeness (QED) is 0.862. The van der Waals surface area contributed by atoms with Crippen LogP contribution in [-0.2, 0) is 9.53 Å². The van der Waals surface area contributed by atoms with Gasteiger partial charge in [0.15, 0.2) is 0 Å². The van der Waals surface area contributed by atoms with Crippen molar-refractivity contribution in [2.75, 3.05) is 27.4 Å². The number of aliphatic carboxylic acids is 1. The second-order valence-corrected chi connectivity index (χ2v) is 6.11. The lowest BCUT2D eigenvalue weighted by Gasteiger charge is -2.40. The summed E-state index contributed by atoms with van der Waals surface area (Å²) in [4.78, 5) is 26.8. The second kappa shape index (κ2) is 7.58. The topological polar surface area (TPSA) is 76.1 Å². The lowest BCUT2D eigenvalue weighted by molar-refractivity contribution is -0.140. The van der Waals surface area contributed by atoms with Crippen molar-refractivity contribution >= 4 is 11.9 Å². The van der Waals surface area contributed by atoms with E-state index < -0.39 is 17.9 Å². The summed E-state index contributed by atoms with van der Waals surface area (Å²) in [5.74, 6) is -1.33. The van der Waals surface area contributed by atoms with Crippen LogP contribution in [0.2, 0.25) is 0 Å². The van der Waals surface area contributed by atoms with E-state index >= 15 is 0 Å². The molecule has 1 aliphatic rings. The normalized spacial score (nSPS) is 19.2. The Kier molecular flexibility index (Phi) is 5.23. The van der Waals surface area contributed by atoms with Gasteiger partial charge in [0.1, 0.15) is 11.7 Å². The number of hydrogen-bond donors (Lipinski definition) is 1. The predicted octanol–water partition coefficient (Wildman–Crippen LogP) is 2.71. The minimum atomic E-state index is -0.965. The van der Waals surface area contributed by atoms with Gasteiger partial charge in [0, 0.05) is 19.2 Å². The third kappa shape index (κ3) is 3.15. The summed E-state index contributed by atoms with van der Waals surface area (Å²) >= 11 is 0. The number of ether oxygens (including phenoxy) is 2. The lowest BCUT2D eigenvalue weighted by Crippen LogP contribution is -2.46. The number of carboxylic acid groups (broad SMARTS) is 1. The first kappa shape index (κ1) is 17.9. The van der Waals surface area contributed by atoms with Gasteiger partial charge in [0.05, 0.1) is 19.8 Å². The highest BCUT2D eigenvalue weighted by Gasteiger charge is 2.43. The van der Waals surface area contributed by atoms with Gasteiger partial charge in [-0.05, 0) is 29.3 Å². The smallest absolute Gasteiger partial charge is 0.313 e. The Hall–Kier alpha value is -2.86. The summed E-state index contributed by atoms with van der Waals surface area (Å²) in [6, 6.07) is 13.4.